The molecule has 2 aliphatic rings. The van der Waals surface area contributed by atoms with Crippen LogP contribution in [0.4, 0.5) is 17.2 Å². The fourth-order valence-electron chi connectivity index (χ4n) is 4.14. The van der Waals surface area contributed by atoms with Gasteiger partial charge in [0.05, 0.1) is 0 Å². The number of anilines is 3. The first kappa shape index (κ1) is 17.1. The van der Waals surface area contributed by atoms with Crippen molar-refractivity contribution in [2.24, 2.45) is 0 Å². The number of hydrogen-bond acceptors (Lipinski definition) is 6. The lowest BCUT2D eigenvalue weighted by Crippen LogP contribution is -2.52. The molecule has 0 atom stereocenters. The average Bonchev–Trinajstić information content (AvgIpc) is 2.97. The summed E-state index contributed by atoms with van der Waals surface area (Å²) in [5.41, 5.74) is 0.511. The molecule has 6 nitrogen and oxygen atoms in total. The van der Waals surface area contributed by atoms with E-state index in [4.69, 9.17) is 0 Å². The average molecular weight is 354 g/mol. The number of hydrogen-bond donors (Lipinski definition) is 1. The van der Waals surface area contributed by atoms with Gasteiger partial charge >= 0.3 is 0 Å². The highest BCUT2D eigenvalue weighted by molar-refractivity contribution is 5.76. The Kier molecular flexibility index (Phi) is 4.91. The summed E-state index contributed by atoms with van der Waals surface area (Å²) in [4.78, 5) is 33.1. The predicted octanol–water partition coefficient (Wildman–Crippen LogP) is 2.14. The topological polar surface area (TPSA) is 65.5 Å². The van der Waals surface area contributed by atoms with Gasteiger partial charge in [-0.25, -0.2) is 4.98 Å². The van der Waals surface area contributed by atoms with E-state index in [9.17, 15) is 9.59 Å². The fourth-order valence-corrected chi connectivity index (χ4v) is 4.14. The van der Waals surface area contributed by atoms with Crippen LogP contribution in [0.2, 0.25) is 0 Å². The zero-order chi connectivity index (χ0) is 17.9. The maximum atomic E-state index is 12.2. The maximum Gasteiger partial charge on any atom is 0.253 e. The van der Waals surface area contributed by atoms with Crippen molar-refractivity contribution in [2.45, 2.75) is 44.6 Å². The van der Waals surface area contributed by atoms with Crippen molar-refractivity contribution < 1.29 is 0 Å². The van der Waals surface area contributed by atoms with Crippen LogP contribution in [0.5, 0.6) is 0 Å². The van der Waals surface area contributed by atoms with E-state index in [2.05, 4.69) is 20.1 Å². The third-order valence-corrected chi connectivity index (χ3v) is 5.66. The van der Waals surface area contributed by atoms with Crippen molar-refractivity contribution in [2.75, 3.05) is 41.3 Å². The van der Waals surface area contributed by atoms with Crippen LogP contribution in [0.15, 0.2) is 34.0 Å². The Morgan fingerprint density at radius 1 is 0.885 bits per heavy atom. The summed E-state index contributed by atoms with van der Waals surface area (Å²) in [6.45, 7) is 3.08. The molecule has 1 aromatic heterocycles. The van der Waals surface area contributed by atoms with E-state index in [1.54, 1.807) is 6.20 Å². The van der Waals surface area contributed by atoms with Crippen LogP contribution in [0.25, 0.3) is 0 Å². The first-order chi connectivity index (χ1) is 12.7. The van der Waals surface area contributed by atoms with Gasteiger partial charge in [0, 0.05) is 38.4 Å². The molecule has 1 aliphatic carbocycles. The molecule has 1 saturated heterocycles. The highest BCUT2D eigenvalue weighted by Gasteiger charge is 2.30. The minimum absolute atomic E-state index is 0.326. The molecule has 4 rings (SSSR count). The zero-order valence-corrected chi connectivity index (χ0v) is 15.1. The smallest absolute Gasteiger partial charge is 0.253 e. The maximum absolute atomic E-state index is 12.2. The molecule has 1 N–H and O–H groups in total. The Morgan fingerprint density at radius 3 is 2.23 bits per heavy atom. The monoisotopic (exact) mass is 354 g/mol. The minimum atomic E-state index is -0.337. The second-order valence-corrected chi connectivity index (χ2v) is 7.38. The van der Waals surface area contributed by atoms with Gasteiger partial charge in [0.15, 0.2) is 0 Å². The molecular weight excluding hydrogens is 328 g/mol. The lowest BCUT2D eigenvalue weighted by Gasteiger charge is -2.38. The van der Waals surface area contributed by atoms with Gasteiger partial charge in [0.1, 0.15) is 17.2 Å². The molecule has 1 aromatic carbocycles. The van der Waals surface area contributed by atoms with Crippen LogP contribution in [-0.4, -0.2) is 37.2 Å². The van der Waals surface area contributed by atoms with Crippen LogP contribution in [0.3, 0.4) is 0 Å². The summed E-state index contributed by atoms with van der Waals surface area (Å²) in [7, 11) is 0. The van der Waals surface area contributed by atoms with Crippen LogP contribution >= 0.6 is 0 Å². The van der Waals surface area contributed by atoms with Gasteiger partial charge in [0.2, 0.25) is 0 Å². The van der Waals surface area contributed by atoms with Crippen molar-refractivity contribution in [1.29, 1.82) is 0 Å². The van der Waals surface area contributed by atoms with E-state index in [0.29, 0.717) is 17.4 Å². The van der Waals surface area contributed by atoms with E-state index in [1.807, 2.05) is 18.2 Å². The Labute approximate surface area is 153 Å². The van der Waals surface area contributed by atoms with Gasteiger partial charge < -0.3 is 15.1 Å². The van der Waals surface area contributed by atoms with Crippen molar-refractivity contribution in [3.8, 4) is 0 Å². The third kappa shape index (κ3) is 3.32. The lowest BCUT2D eigenvalue weighted by molar-refractivity contribution is 0.614. The molecule has 6 heteroatoms. The number of rotatable bonds is 4. The Balaban J connectivity index is 1.43. The Morgan fingerprint density at radius 2 is 1.58 bits per heavy atom. The van der Waals surface area contributed by atoms with Gasteiger partial charge in [-0.2, -0.15) is 0 Å². The molecule has 138 valence electrons. The standard InChI is InChI=1S/C20H26N4O2/c25-19-17(22-15-7-3-1-2-4-8-15)18(20(19)26)24-13-11-23(12-14-24)16-9-5-6-10-21-16/h5-6,9-10,15,22H,1-4,7-8,11-14H2. The third-order valence-electron chi connectivity index (χ3n) is 5.66. The van der Waals surface area contributed by atoms with Gasteiger partial charge in [-0.05, 0) is 25.0 Å². The van der Waals surface area contributed by atoms with E-state index in [0.717, 1.165) is 44.8 Å². The molecular formula is C20H26N4O2. The van der Waals surface area contributed by atoms with Crippen molar-refractivity contribution in [1.82, 2.24) is 4.98 Å². The first-order valence-corrected chi connectivity index (χ1v) is 9.75. The number of pyridine rings is 1. The Bertz CT molecular complexity index is 797. The van der Waals surface area contributed by atoms with Crippen LogP contribution in [0.1, 0.15) is 38.5 Å². The normalized spacial score (nSPS) is 19.5. The second kappa shape index (κ2) is 7.48. The molecule has 0 amide bonds. The predicted molar refractivity (Wildman–Crippen MR) is 105 cm³/mol. The summed E-state index contributed by atoms with van der Waals surface area (Å²) in [5.74, 6) is 0.967. The van der Waals surface area contributed by atoms with Crippen molar-refractivity contribution in [3.05, 3.63) is 44.8 Å². The largest absolute Gasteiger partial charge is 0.377 e. The molecule has 26 heavy (non-hydrogen) atoms. The highest BCUT2D eigenvalue weighted by atomic mass is 16.2. The quantitative estimate of drug-likeness (QED) is 0.670. The van der Waals surface area contributed by atoms with Crippen molar-refractivity contribution >= 4 is 17.2 Å². The molecule has 2 fully saturated rings. The second-order valence-electron chi connectivity index (χ2n) is 7.38. The molecule has 0 bridgehead atoms. The van der Waals surface area contributed by atoms with Crippen molar-refractivity contribution in [3.63, 3.8) is 0 Å². The number of nitrogens with zero attached hydrogens (tertiary/aromatic N) is 3. The molecule has 0 spiro atoms. The molecule has 0 radical (unpaired) electrons. The molecule has 1 saturated carbocycles. The summed E-state index contributed by atoms with van der Waals surface area (Å²) in [6, 6.07) is 6.23. The van der Waals surface area contributed by atoms with E-state index >= 15 is 0 Å². The summed E-state index contributed by atoms with van der Waals surface area (Å²) in [6.07, 6.45) is 8.92. The van der Waals surface area contributed by atoms with Crippen LogP contribution < -0.4 is 26.0 Å². The van der Waals surface area contributed by atoms with Gasteiger partial charge in [-0.15, -0.1) is 0 Å². The molecule has 2 aromatic rings. The minimum Gasteiger partial charge on any atom is -0.377 e. The van der Waals surface area contributed by atoms with E-state index in [1.165, 1.54) is 25.7 Å². The van der Waals surface area contributed by atoms with E-state index < -0.39 is 0 Å². The Hall–Kier alpha value is -2.37. The molecule has 0 unspecified atom stereocenters. The number of piperazine rings is 1. The summed E-state index contributed by atoms with van der Waals surface area (Å²) in [5, 5.41) is 3.41. The lowest BCUT2D eigenvalue weighted by atomic mass is 10.1. The van der Waals surface area contributed by atoms with Crippen LogP contribution in [0, 0.1) is 0 Å². The SMILES string of the molecule is O=c1c(NC2CCCCCC2)c(N2CCN(c3ccccn3)CC2)c1=O. The number of nitrogens with one attached hydrogen (secondary N) is 1. The van der Waals surface area contributed by atoms with Gasteiger partial charge in [0.25, 0.3) is 10.9 Å². The summed E-state index contributed by atoms with van der Waals surface area (Å²) >= 11 is 0. The number of aromatic nitrogens is 1. The summed E-state index contributed by atoms with van der Waals surface area (Å²) < 4.78 is 0. The van der Waals surface area contributed by atoms with Gasteiger partial charge in [-0.3, -0.25) is 9.59 Å². The molecule has 1 aliphatic heterocycles. The van der Waals surface area contributed by atoms with E-state index in [-0.39, 0.29) is 10.9 Å². The first-order valence-electron chi connectivity index (χ1n) is 9.75. The fraction of sp³-hybridized carbons (Fsp3) is 0.550. The highest BCUT2D eigenvalue weighted by Crippen LogP contribution is 2.26. The zero-order valence-electron chi connectivity index (χ0n) is 15.1. The molecule has 2 heterocycles. The van der Waals surface area contributed by atoms with Crippen LogP contribution in [-0.2, 0) is 0 Å². The van der Waals surface area contributed by atoms with Gasteiger partial charge in [-0.1, -0.05) is 31.7 Å².